The predicted molar refractivity (Wildman–Crippen MR) is 77.2 cm³/mol. The van der Waals surface area contributed by atoms with Crippen molar-refractivity contribution < 1.29 is 4.52 Å². The smallest absolute Gasteiger partial charge is 0.138 e. The predicted octanol–water partition coefficient (Wildman–Crippen LogP) is 3.82. The van der Waals surface area contributed by atoms with Crippen LogP contribution >= 0.6 is 22.6 Å². The third kappa shape index (κ3) is 2.80. The van der Waals surface area contributed by atoms with E-state index in [1.54, 1.807) is 0 Å². The van der Waals surface area contributed by atoms with Crippen LogP contribution in [0.25, 0.3) is 0 Å². The number of hydrogen-bond donors (Lipinski definition) is 1. The Morgan fingerprint density at radius 1 is 1.29 bits per heavy atom. The first-order chi connectivity index (χ1) is 8.08. The van der Waals surface area contributed by atoms with Gasteiger partial charge in [-0.05, 0) is 61.1 Å². The number of nitrogens with zero attached hydrogens (tertiary/aromatic N) is 1. The zero-order valence-corrected chi connectivity index (χ0v) is 12.3. The number of benzene rings is 1. The summed E-state index contributed by atoms with van der Waals surface area (Å²) in [6.45, 7) is 6.77. The number of anilines is 1. The van der Waals surface area contributed by atoms with Crippen molar-refractivity contribution in [1.82, 2.24) is 5.16 Å². The lowest BCUT2D eigenvalue weighted by molar-refractivity contribution is 0.392. The number of aryl methyl sites for hydroxylation is 3. The summed E-state index contributed by atoms with van der Waals surface area (Å²) >= 11 is 2.32. The van der Waals surface area contributed by atoms with Crippen LogP contribution in [0.5, 0.6) is 0 Å². The molecule has 0 amide bonds. The first-order valence-electron chi connectivity index (χ1n) is 5.49. The molecule has 1 heterocycles. The summed E-state index contributed by atoms with van der Waals surface area (Å²) in [4.78, 5) is 0. The molecule has 4 heteroatoms. The lowest BCUT2D eigenvalue weighted by Crippen LogP contribution is -2.03. The lowest BCUT2D eigenvalue weighted by atomic mass is 10.1. The van der Waals surface area contributed by atoms with Gasteiger partial charge in [0.15, 0.2) is 0 Å². The summed E-state index contributed by atoms with van der Waals surface area (Å²) in [5, 5.41) is 7.38. The van der Waals surface area contributed by atoms with Gasteiger partial charge in [-0.25, -0.2) is 0 Å². The first kappa shape index (κ1) is 12.4. The van der Waals surface area contributed by atoms with E-state index in [0.29, 0.717) is 0 Å². The van der Waals surface area contributed by atoms with E-state index in [2.05, 4.69) is 58.2 Å². The number of nitrogens with one attached hydrogen (secondary N) is 1. The normalized spacial score (nSPS) is 10.6. The van der Waals surface area contributed by atoms with Gasteiger partial charge in [-0.15, -0.1) is 0 Å². The van der Waals surface area contributed by atoms with Crippen LogP contribution in [0, 0.1) is 24.3 Å². The van der Waals surface area contributed by atoms with Crippen LogP contribution in [-0.2, 0) is 6.54 Å². The lowest BCUT2D eigenvalue weighted by Gasteiger charge is -2.09. The van der Waals surface area contributed by atoms with Crippen LogP contribution in [0.1, 0.15) is 22.6 Å². The average molecular weight is 342 g/mol. The summed E-state index contributed by atoms with van der Waals surface area (Å²) in [5.74, 6) is 0.887. The van der Waals surface area contributed by atoms with Crippen molar-refractivity contribution in [3.05, 3.63) is 44.4 Å². The molecule has 0 saturated heterocycles. The summed E-state index contributed by atoms with van der Waals surface area (Å²) in [5.41, 5.74) is 4.51. The molecule has 0 bridgehead atoms. The quantitative estimate of drug-likeness (QED) is 0.862. The summed E-state index contributed by atoms with van der Waals surface area (Å²) in [6.07, 6.45) is 0. The van der Waals surface area contributed by atoms with Gasteiger partial charge in [-0.3, -0.25) is 0 Å². The highest BCUT2D eigenvalue weighted by Gasteiger charge is 2.08. The Labute approximate surface area is 115 Å². The molecule has 1 N–H and O–H groups in total. The summed E-state index contributed by atoms with van der Waals surface area (Å²) in [6, 6.07) is 6.38. The fourth-order valence-electron chi connectivity index (χ4n) is 1.72. The van der Waals surface area contributed by atoms with E-state index in [0.717, 1.165) is 29.2 Å². The van der Waals surface area contributed by atoms with Gasteiger partial charge in [0.25, 0.3) is 0 Å². The fourth-order valence-corrected chi connectivity index (χ4v) is 2.21. The molecule has 17 heavy (non-hydrogen) atoms. The molecule has 0 aliphatic heterocycles. The summed E-state index contributed by atoms with van der Waals surface area (Å²) < 4.78 is 6.38. The third-order valence-electron chi connectivity index (χ3n) is 2.84. The van der Waals surface area contributed by atoms with Crippen LogP contribution in [0.15, 0.2) is 22.7 Å². The largest absolute Gasteiger partial charge is 0.381 e. The second kappa shape index (κ2) is 5.08. The molecule has 0 saturated carbocycles. The number of aromatic nitrogens is 1. The van der Waals surface area contributed by atoms with Crippen molar-refractivity contribution in [3.63, 3.8) is 0 Å². The Hall–Kier alpha value is -1.04. The van der Waals surface area contributed by atoms with Gasteiger partial charge in [0.1, 0.15) is 5.76 Å². The maximum atomic E-state index is 5.15. The van der Waals surface area contributed by atoms with Gasteiger partial charge in [-0.2, -0.15) is 0 Å². The second-order valence-electron chi connectivity index (χ2n) is 4.12. The summed E-state index contributed by atoms with van der Waals surface area (Å²) in [7, 11) is 0. The van der Waals surface area contributed by atoms with Crippen LogP contribution < -0.4 is 5.32 Å². The van der Waals surface area contributed by atoms with Crippen molar-refractivity contribution in [2.45, 2.75) is 27.3 Å². The van der Waals surface area contributed by atoms with Gasteiger partial charge < -0.3 is 9.84 Å². The van der Waals surface area contributed by atoms with Gasteiger partial charge in [0, 0.05) is 21.4 Å². The fraction of sp³-hybridized carbons (Fsp3) is 0.308. The van der Waals surface area contributed by atoms with Crippen LogP contribution in [0.4, 0.5) is 5.69 Å². The minimum atomic E-state index is 0.752. The molecule has 0 aliphatic carbocycles. The van der Waals surface area contributed by atoms with E-state index >= 15 is 0 Å². The monoisotopic (exact) mass is 342 g/mol. The van der Waals surface area contributed by atoms with Crippen molar-refractivity contribution in [2.75, 3.05) is 5.32 Å². The molecule has 3 nitrogen and oxygen atoms in total. The topological polar surface area (TPSA) is 38.1 Å². The third-order valence-corrected chi connectivity index (χ3v) is 3.51. The molecule has 0 aliphatic rings. The van der Waals surface area contributed by atoms with E-state index in [-0.39, 0.29) is 0 Å². The van der Waals surface area contributed by atoms with E-state index in [1.807, 2.05) is 13.8 Å². The van der Waals surface area contributed by atoms with Crippen LogP contribution in [0.2, 0.25) is 0 Å². The van der Waals surface area contributed by atoms with Gasteiger partial charge in [-0.1, -0.05) is 11.2 Å². The zero-order chi connectivity index (χ0) is 12.4. The molecule has 2 rings (SSSR count). The average Bonchev–Trinajstić information content (AvgIpc) is 2.61. The molecule has 0 radical (unpaired) electrons. The standard InChI is InChI=1S/C13H15IN2O/c1-8-4-5-11(14)6-13(8)15-7-12-9(2)16-17-10(12)3/h4-6,15H,7H2,1-3H3. The number of halogens is 1. The number of hydrogen-bond acceptors (Lipinski definition) is 3. The van der Waals surface area contributed by atoms with Gasteiger partial charge in [0.05, 0.1) is 5.69 Å². The minimum absolute atomic E-state index is 0.752. The van der Waals surface area contributed by atoms with E-state index in [9.17, 15) is 0 Å². The molecular weight excluding hydrogens is 327 g/mol. The highest BCUT2D eigenvalue weighted by molar-refractivity contribution is 14.1. The van der Waals surface area contributed by atoms with E-state index in [1.165, 1.54) is 9.13 Å². The van der Waals surface area contributed by atoms with Crippen LogP contribution in [0.3, 0.4) is 0 Å². The maximum absolute atomic E-state index is 5.15. The molecular formula is C13H15IN2O. The Kier molecular flexibility index (Phi) is 3.71. The van der Waals surface area contributed by atoms with E-state index in [4.69, 9.17) is 4.52 Å². The Morgan fingerprint density at radius 3 is 2.71 bits per heavy atom. The molecule has 0 unspecified atom stereocenters. The van der Waals surface area contributed by atoms with Crippen molar-refractivity contribution in [2.24, 2.45) is 0 Å². The molecule has 1 aromatic carbocycles. The first-order valence-corrected chi connectivity index (χ1v) is 6.57. The van der Waals surface area contributed by atoms with E-state index < -0.39 is 0 Å². The highest BCUT2D eigenvalue weighted by Crippen LogP contribution is 2.20. The molecule has 0 atom stereocenters. The zero-order valence-electron chi connectivity index (χ0n) is 10.2. The Morgan fingerprint density at radius 2 is 2.06 bits per heavy atom. The second-order valence-corrected chi connectivity index (χ2v) is 5.36. The van der Waals surface area contributed by atoms with Crippen LogP contribution in [-0.4, -0.2) is 5.16 Å². The molecule has 2 aromatic rings. The maximum Gasteiger partial charge on any atom is 0.138 e. The minimum Gasteiger partial charge on any atom is -0.381 e. The molecule has 0 spiro atoms. The SMILES string of the molecule is Cc1ccc(I)cc1NCc1c(C)noc1C. The van der Waals surface area contributed by atoms with Crippen molar-refractivity contribution in [3.8, 4) is 0 Å². The molecule has 90 valence electrons. The highest BCUT2D eigenvalue weighted by atomic mass is 127. The van der Waals surface area contributed by atoms with Gasteiger partial charge >= 0.3 is 0 Å². The molecule has 0 fully saturated rings. The van der Waals surface area contributed by atoms with Crippen molar-refractivity contribution in [1.29, 1.82) is 0 Å². The van der Waals surface area contributed by atoms with Crippen molar-refractivity contribution >= 4 is 28.3 Å². The number of rotatable bonds is 3. The van der Waals surface area contributed by atoms with Gasteiger partial charge in [0.2, 0.25) is 0 Å². The molecule has 1 aromatic heterocycles. The Bertz CT molecular complexity index is 515. The Balaban J connectivity index is 2.15.